The largest absolute Gasteiger partial charge is 0.497 e. The van der Waals surface area contributed by atoms with Gasteiger partial charge in [0.1, 0.15) is 5.75 Å². The molecule has 0 saturated carbocycles. The van der Waals surface area contributed by atoms with Crippen LogP contribution in [0, 0.1) is 0 Å². The van der Waals surface area contributed by atoms with Crippen molar-refractivity contribution in [2.75, 3.05) is 37.1 Å². The standard InChI is InChI=1S/C22H24BrN3O2/c1-15-14-28-10-9-26(15)21-12-17-11-18(23)5-8-20(17)25-22(21)24-13-16-3-6-19(27-2)7-4-16/h3-8,11-12,15H,9-10,13-14H2,1-2H3,(H,24,25). The van der Waals surface area contributed by atoms with Crippen LogP contribution in [0.1, 0.15) is 12.5 Å². The number of nitrogens with zero attached hydrogens (tertiary/aromatic N) is 2. The fourth-order valence-corrected chi connectivity index (χ4v) is 3.88. The molecular formula is C22H24BrN3O2. The maximum absolute atomic E-state index is 5.63. The molecule has 0 amide bonds. The Bertz CT molecular complexity index is 962. The van der Waals surface area contributed by atoms with Crippen LogP contribution in [0.2, 0.25) is 0 Å². The lowest BCUT2D eigenvalue weighted by molar-refractivity contribution is 0.0990. The summed E-state index contributed by atoms with van der Waals surface area (Å²) in [5, 5.41) is 4.67. The van der Waals surface area contributed by atoms with Crippen molar-refractivity contribution < 1.29 is 9.47 Å². The van der Waals surface area contributed by atoms with Gasteiger partial charge in [-0.15, -0.1) is 0 Å². The van der Waals surface area contributed by atoms with E-state index in [1.54, 1.807) is 7.11 Å². The Balaban J connectivity index is 1.67. The number of ether oxygens (including phenoxy) is 2. The van der Waals surface area contributed by atoms with E-state index in [0.717, 1.165) is 52.4 Å². The van der Waals surface area contributed by atoms with Crippen LogP contribution in [-0.2, 0) is 11.3 Å². The van der Waals surface area contributed by atoms with Gasteiger partial charge >= 0.3 is 0 Å². The van der Waals surface area contributed by atoms with Gasteiger partial charge in [0, 0.05) is 29.0 Å². The van der Waals surface area contributed by atoms with Gasteiger partial charge in [-0.1, -0.05) is 28.1 Å². The van der Waals surface area contributed by atoms with E-state index in [0.29, 0.717) is 12.6 Å². The lowest BCUT2D eigenvalue weighted by Crippen LogP contribution is -2.44. The van der Waals surface area contributed by atoms with Crippen LogP contribution >= 0.6 is 15.9 Å². The molecule has 0 aliphatic carbocycles. The molecular weight excluding hydrogens is 418 g/mol. The van der Waals surface area contributed by atoms with Gasteiger partial charge in [-0.2, -0.15) is 0 Å². The molecule has 3 aromatic rings. The van der Waals surface area contributed by atoms with E-state index in [1.807, 2.05) is 24.3 Å². The number of halogens is 1. The van der Waals surface area contributed by atoms with Gasteiger partial charge in [0.25, 0.3) is 0 Å². The van der Waals surface area contributed by atoms with Gasteiger partial charge < -0.3 is 19.7 Å². The molecule has 0 radical (unpaired) electrons. The number of morpholine rings is 1. The Hall–Kier alpha value is -2.31. The van der Waals surface area contributed by atoms with E-state index in [-0.39, 0.29) is 0 Å². The van der Waals surface area contributed by atoms with Crippen molar-refractivity contribution in [1.82, 2.24) is 4.98 Å². The minimum Gasteiger partial charge on any atom is -0.497 e. The Morgan fingerprint density at radius 2 is 2.04 bits per heavy atom. The highest BCUT2D eigenvalue weighted by atomic mass is 79.9. The predicted octanol–water partition coefficient (Wildman–Crippen LogP) is 4.84. The first-order valence-electron chi connectivity index (χ1n) is 9.45. The lowest BCUT2D eigenvalue weighted by atomic mass is 10.1. The molecule has 1 atom stereocenters. The third-order valence-electron chi connectivity index (χ3n) is 5.05. The van der Waals surface area contributed by atoms with E-state index >= 15 is 0 Å². The molecule has 4 rings (SSSR count). The highest BCUT2D eigenvalue weighted by Crippen LogP contribution is 2.32. The molecule has 5 nitrogen and oxygen atoms in total. The highest BCUT2D eigenvalue weighted by Gasteiger charge is 2.23. The molecule has 1 aliphatic heterocycles. The van der Waals surface area contributed by atoms with Crippen molar-refractivity contribution in [2.24, 2.45) is 0 Å². The summed E-state index contributed by atoms with van der Waals surface area (Å²) in [4.78, 5) is 7.32. The summed E-state index contributed by atoms with van der Waals surface area (Å²) in [7, 11) is 1.68. The summed E-state index contributed by atoms with van der Waals surface area (Å²) in [6, 6.07) is 16.8. The van der Waals surface area contributed by atoms with Crippen molar-refractivity contribution in [3.63, 3.8) is 0 Å². The van der Waals surface area contributed by atoms with E-state index in [4.69, 9.17) is 14.5 Å². The second-order valence-electron chi connectivity index (χ2n) is 7.01. The van der Waals surface area contributed by atoms with Crippen LogP contribution in [0.3, 0.4) is 0 Å². The van der Waals surface area contributed by atoms with E-state index in [2.05, 4.69) is 57.3 Å². The van der Waals surface area contributed by atoms with Crippen LogP contribution in [0.15, 0.2) is 53.0 Å². The maximum atomic E-state index is 5.63. The molecule has 28 heavy (non-hydrogen) atoms. The van der Waals surface area contributed by atoms with E-state index < -0.39 is 0 Å². The molecule has 0 bridgehead atoms. The molecule has 6 heteroatoms. The Labute approximate surface area is 173 Å². The lowest BCUT2D eigenvalue weighted by Gasteiger charge is -2.36. The van der Waals surface area contributed by atoms with Crippen LogP contribution in [0.4, 0.5) is 11.5 Å². The first-order valence-corrected chi connectivity index (χ1v) is 10.2. The predicted molar refractivity (Wildman–Crippen MR) is 117 cm³/mol. The van der Waals surface area contributed by atoms with E-state index in [1.165, 1.54) is 5.56 Å². The molecule has 1 aliphatic rings. The molecule has 146 valence electrons. The normalized spacial score (nSPS) is 17.0. The Morgan fingerprint density at radius 1 is 1.21 bits per heavy atom. The van der Waals surface area contributed by atoms with Crippen LogP contribution in [0.25, 0.3) is 10.9 Å². The van der Waals surface area contributed by atoms with Gasteiger partial charge in [0.05, 0.1) is 31.5 Å². The second-order valence-corrected chi connectivity index (χ2v) is 7.93. The summed E-state index contributed by atoms with van der Waals surface area (Å²) in [6.07, 6.45) is 0. The average Bonchev–Trinajstić information content (AvgIpc) is 2.72. The molecule has 1 saturated heterocycles. The summed E-state index contributed by atoms with van der Waals surface area (Å²) in [6.45, 7) is 5.22. The number of pyridine rings is 1. The SMILES string of the molecule is COc1ccc(CNc2nc3ccc(Br)cc3cc2N2CCOCC2C)cc1. The van der Waals surface area contributed by atoms with Crippen molar-refractivity contribution in [1.29, 1.82) is 0 Å². The molecule has 0 spiro atoms. The van der Waals surface area contributed by atoms with Crippen molar-refractivity contribution >= 4 is 38.3 Å². The number of anilines is 2. The number of methoxy groups -OCH3 is 1. The van der Waals surface area contributed by atoms with Crippen LogP contribution < -0.4 is 15.0 Å². The summed E-state index contributed by atoms with van der Waals surface area (Å²) in [5.74, 6) is 1.76. The first kappa shape index (κ1) is 19.0. The molecule has 1 fully saturated rings. The average molecular weight is 442 g/mol. The summed E-state index contributed by atoms with van der Waals surface area (Å²) in [5.41, 5.74) is 3.28. The quantitative estimate of drug-likeness (QED) is 0.613. The van der Waals surface area contributed by atoms with Crippen molar-refractivity contribution in [3.8, 4) is 5.75 Å². The Morgan fingerprint density at radius 3 is 2.79 bits per heavy atom. The molecule has 2 aromatic carbocycles. The minimum absolute atomic E-state index is 0.307. The van der Waals surface area contributed by atoms with Crippen molar-refractivity contribution in [2.45, 2.75) is 19.5 Å². The molecule has 1 aromatic heterocycles. The fourth-order valence-electron chi connectivity index (χ4n) is 3.50. The monoisotopic (exact) mass is 441 g/mol. The zero-order valence-corrected chi connectivity index (χ0v) is 17.7. The number of nitrogens with one attached hydrogen (secondary N) is 1. The van der Waals surface area contributed by atoms with E-state index in [9.17, 15) is 0 Å². The van der Waals surface area contributed by atoms with Crippen molar-refractivity contribution in [3.05, 3.63) is 58.6 Å². The zero-order valence-electron chi connectivity index (χ0n) is 16.1. The van der Waals surface area contributed by atoms with Gasteiger partial charge in [-0.25, -0.2) is 4.98 Å². The summed E-state index contributed by atoms with van der Waals surface area (Å²) >= 11 is 3.57. The maximum Gasteiger partial charge on any atom is 0.150 e. The first-order chi connectivity index (χ1) is 13.6. The smallest absolute Gasteiger partial charge is 0.150 e. The third kappa shape index (κ3) is 4.08. The topological polar surface area (TPSA) is 46.6 Å². The number of benzene rings is 2. The second kappa shape index (κ2) is 8.37. The number of hydrogen-bond acceptors (Lipinski definition) is 5. The minimum atomic E-state index is 0.307. The van der Waals surface area contributed by atoms with Gasteiger partial charge in [0.2, 0.25) is 0 Å². The fraction of sp³-hybridized carbons (Fsp3) is 0.318. The van der Waals surface area contributed by atoms with Gasteiger partial charge in [-0.05, 0) is 48.9 Å². The van der Waals surface area contributed by atoms with Gasteiger partial charge in [0.15, 0.2) is 5.82 Å². The molecule has 1 unspecified atom stereocenters. The number of aromatic nitrogens is 1. The Kier molecular flexibility index (Phi) is 5.69. The number of fused-ring (bicyclic) bond motifs is 1. The van der Waals surface area contributed by atoms with Crippen LogP contribution in [-0.4, -0.2) is 37.9 Å². The summed E-state index contributed by atoms with van der Waals surface area (Å²) < 4.78 is 11.9. The molecule has 2 heterocycles. The zero-order chi connectivity index (χ0) is 19.5. The number of hydrogen-bond donors (Lipinski definition) is 1. The number of rotatable bonds is 5. The van der Waals surface area contributed by atoms with Crippen LogP contribution in [0.5, 0.6) is 5.75 Å². The highest BCUT2D eigenvalue weighted by molar-refractivity contribution is 9.10. The van der Waals surface area contributed by atoms with Gasteiger partial charge in [-0.3, -0.25) is 0 Å². The molecule has 1 N–H and O–H groups in total. The third-order valence-corrected chi connectivity index (χ3v) is 5.55.